The number of anilines is 1. The number of nitrogens with zero attached hydrogens (tertiary/aromatic N) is 5. The van der Waals surface area contributed by atoms with E-state index in [2.05, 4.69) is 40.6 Å². The number of rotatable bonds is 6. The number of halogens is 1. The lowest BCUT2D eigenvalue weighted by Gasteiger charge is -2.21. The highest BCUT2D eigenvalue weighted by atomic mass is 35.5. The Balaban J connectivity index is 1.26. The van der Waals surface area contributed by atoms with E-state index < -0.39 is 0 Å². The van der Waals surface area contributed by atoms with E-state index in [0.29, 0.717) is 36.2 Å². The Morgan fingerprint density at radius 2 is 1.76 bits per heavy atom. The highest BCUT2D eigenvalue weighted by Crippen LogP contribution is 2.41. The first kappa shape index (κ1) is 27.6. The molecule has 11 heteroatoms. The lowest BCUT2D eigenvalue weighted by molar-refractivity contribution is -0.130. The number of nitrogens with one attached hydrogen (secondary N) is 2. The monoisotopic (exact) mass is 589 g/mol. The standard InChI is InChI=1S/C30H32ClN7O2S/c1-17-18(7-5-8-19(17)30-35-23-15-38(16-25(23)41-30)26(39)13-32-2)20-9-6-10-21(27(20)31)34-29(40)28-33-22-14-36(3)12-11-24(22)37(28)4/h5-10,32H,11-16H2,1-4H3,(H,34,40). The van der Waals surface area contributed by atoms with Crippen molar-refractivity contribution in [3.63, 3.8) is 0 Å². The maximum Gasteiger partial charge on any atom is 0.291 e. The van der Waals surface area contributed by atoms with Gasteiger partial charge in [0.1, 0.15) is 5.01 Å². The number of aromatic nitrogens is 3. The molecule has 2 aliphatic heterocycles. The van der Waals surface area contributed by atoms with E-state index in [1.165, 1.54) is 0 Å². The molecule has 0 spiro atoms. The fourth-order valence-corrected chi connectivity index (χ4v) is 7.07. The SMILES string of the molecule is CNCC(=O)N1Cc2nc(-c3cccc(-c4cccc(NC(=O)c5nc6c(n5C)CCN(C)C6)c4Cl)c3C)sc2C1. The Kier molecular flexibility index (Phi) is 7.41. The van der Waals surface area contributed by atoms with Crippen LogP contribution in [0.25, 0.3) is 21.7 Å². The molecular formula is C30H32ClN7O2S. The van der Waals surface area contributed by atoms with Crippen LogP contribution in [0.5, 0.6) is 0 Å². The van der Waals surface area contributed by atoms with Crippen molar-refractivity contribution in [1.29, 1.82) is 0 Å². The van der Waals surface area contributed by atoms with Gasteiger partial charge >= 0.3 is 0 Å². The fourth-order valence-electron chi connectivity index (χ4n) is 5.63. The van der Waals surface area contributed by atoms with Gasteiger partial charge < -0.3 is 25.0 Å². The maximum atomic E-state index is 13.3. The molecule has 0 saturated heterocycles. The number of thiazole rings is 1. The van der Waals surface area contributed by atoms with E-state index >= 15 is 0 Å². The molecule has 2 aromatic carbocycles. The molecule has 4 aromatic rings. The molecule has 41 heavy (non-hydrogen) atoms. The average Bonchev–Trinajstić information content (AvgIpc) is 3.62. The molecule has 0 atom stereocenters. The van der Waals surface area contributed by atoms with Gasteiger partial charge in [-0.2, -0.15) is 0 Å². The van der Waals surface area contributed by atoms with Crippen molar-refractivity contribution in [3.05, 3.63) is 74.8 Å². The minimum Gasteiger partial charge on any atom is -0.330 e. The van der Waals surface area contributed by atoms with Crippen LogP contribution in [0.15, 0.2) is 36.4 Å². The summed E-state index contributed by atoms with van der Waals surface area (Å²) in [5.74, 6) is 0.177. The third-order valence-electron chi connectivity index (χ3n) is 7.89. The van der Waals surface area contributed by atoms with Crippen LogP contribution in [0.3, 0.4) is 0 Å². The summed E-state index contributed by atoms with van der Waals surface area (Å²) in [5, 5.41) is 7.32. The topological polar surface area (TPSA) is 95.4 Å². The average molecular weight is 590 g/mol. The number of benzene rings is 2. The number of likely N-dealkylation sites (N-methyl/N-ethyl adjacent to an activating group) is 2. The molecule has 0 radical (unpaired) electrons. The number of fused-ring (bicyclic) bond motifs is 2. The van der Waals surface area contributed by atoms with E-state index in [4.69, 9.17) is 16.6 Å². The van der Waals surface area contributed by atoms with Gasteiger partial charge in [-0.25, -0.2) is 9.97 Å². The van der Waals surface area contributed by atoms with Gasteiger partial charge in [0.05, 0.1) is 41.7 Å². The van der Waals surface area contributed by atoms with Crippen molar-refractivity contribution in [2.75, 3.05) is 32.5 Å². The molecule has 9 nitrogen and oxygen atoms in total. The summed E-state index contributed by atoms with van der Waals surface area (Å²) in [6.07, 6.45) is 0.864. The number of amides is 2. The molecule has 0 bridgehead atoms. The largest absolute Gasteiger partial charge is 0.330 e. The summed E-state index contributed by atoms with van der Waals surface area (Å²) in [5.41, 5.74) is 7.44. The van der Waals surface area contributed by atoms with Crippen molar-refractivity contribution in [3.8, 4) is 21.7 Å². The van der Waals surface area contributed by atoms with Gasteiger partial charge in [-0.15, -0.1) is 11.3 Å². The van der Waals surface area contributed by atoms with Crippen LogP contribution in [0.1, 0.15) is 38.1 Å². The summed E-state index contributed by atoms with van der Waals surface area (Å²) in [6.45, 7) is 5.20. The van der Waals surface area contributed by atoms with Gasteiger partial charge in [0.15, 0.2) is 5.82 Å². The molecule has 0 fully saturated rings. The van der Waals surface area contributed by atoms with E-state index in [0.717, 1.165) is 68.7 Å². The summed E-state index contributed by atoms with van der Waals surface area (Å²) in [6, 6.07) is 11.8. The summed E-state index contributed by atoms with van der Waals surface area (Å²) in [4.78, 5) is 40.3. The van der Waals surface area contributed by atoms with Crippen molar-refractivity contribution >= 4 is 40.4 Å². The first-order valence-electron chi connectivity index (χ1n) is 13.6. The van der Waals surface area contributed by atoms with Crippen LogP contribution in [-0.4, -0.2) is 63.3 Å². The molecule has 2 N–H and O–H groups in total. The molecule has 2 aromatic heterocycles. The smallest absolute Gasteiger partial charge is 0.291 e. The van der Waals surface area contributed by atoms with Gasteiger partial charge in [-0.3, -0.25) is 9.59 Å². The predicted octanol–water partition coefficient (Wildman–Crippen LogP) is 4.47. The van der Waals surface area contributed by atoms with Crippen LogP contribution in [0.4, 0.5) is 5.69 Å². The van der Waals surface area contributed by atoms with Crippen LogP contribution in [-0.2, 0) is 37.9 Å². The maximum absolute atomic E-state index is 13.3. The zero-order valence-corrected chi connectivity index (χ0v) is 25.1. The van der Waals surface area contributed by atoms with E-state index in [1.54, 1.807) is 18.4 Å². The second kappa shape index (κ2) is 11.0. The van der Waals surface area contributed by atoms with Crippen molar-refractivity contribution in [2.45, 2.75) is 33.0 Å². The van der Waals surface area contributed by atoms with Crippen LogP contribution >= 0.6 is 22.9 Å². The second-order valence-corrected chi connectivity index (χ2v) is 12.1. The van der Waals surface area contributed by atoms with Crippen molar-refractivity contribution in [2.24, 2.45) is 7.05 Å². The van der Waals surface area contributed by atoms with E-state index in [9.17, 15) is 9.59 Å². The highest BCUT2D eigenvalue weighted by Gasteiger charge is 2.28. The molecule has 0 unspecified atom stereocenters. The van der Waals surface area contributed by atoms with Gasteiger partial charge in [0, 0.05) is 48.3 Å². The first-order valence-corrected chi connectivity index (χ1v) is 14.8. The molecule has 2 aliphatic rings. The van der Waals surface area contributed by atoms with Gasteiger partial charge in [0.2, 0.25) is 5.91 Å². The first-order chi connectivity index (χ1) is 19.7. The van der Waals surface area contributed by atoms with Crippen LogP contribution in [0.2, 0.25) is 5.02 Å². The normalized spacial score (nSPS) is 14.7. The lowest BCUT2D eigenvalue weighted by Crippen LogP contribution is -2.33. The van der Waals surface area contributed by atoms with Gasteiger partial charge in [-0.05, 0) is 38.2 Å². The Morgan fingerprint density at radius 1 is 1.00 bits per heavy atom. The van der Waals surface area contributed by atoms with Gasteiger partial charge in [-0.1, -0.05) is 41.9 Å². The van der Waals surface area contributed by atoms with Crippen molar-refractivity contribution in [1.82, 2.24) is 29.7 Å². The number of hydrogen-bond donors (Lipinski definition) is 2. The molecule has 0 saturated carbocycles. The lowest BCUT2D eigenvalue weighted by atomic mass is 9.96. The van der Waals surface area contributed by atoms with Crippen LogP contribution in [0, 0.1) is 6.92 Å². The highest BCUT2D eigenvalue weighted by molar-refractivity contribution is 7.15. The quantitative estimate of drug-likeness (QED) is 0.344. The zero-order chi connectivity index (χ0) is 28.8. The minimum absolute atomic E-state index is 0.0779. The third-order valence-corrected chi connectivity index (χ3v) is 9.41. The summed E-state index contributed by atoms with van der Waals surface area (Å²) >= 11 is 8.56. The molecule has 2 amide bonds. The van der Waals surface area contributed by atoms with E-state index in [1.807, 2.05) is 46.8 Å². The number of imidazole rings is 1. The minimum atomic E-state index is -0.284. The zero-order valence-electron chi connectivity index (χ0n) is 23.5. The second-order valence-electron chi connectivity index (χ2n) is 10.6. The Morgan fingerprint density at radius 3 is 2.54 bits per heavy atom. The molecule has 0 aliphatic carbocycles. The number of carbonyl (C=O) groups excluding carboxylic acids is 2. The number of hydrogen-bond acceptors (Lipinski definition) is 7. The Labute approximate surface area is 248 Å². The number of carbonyl (C=O) groups is 2. The molecular weight excluding hydrogens is 558 g/mol. The Hall–Kier alpha value is -3.57. The van der Waals surface area contributed by atoms with Gasteiger partial charge in [0.25, 0.3) is 5.91 Å². The van der Waals surface area contributed by atoms with Crippen molar-refractivity contribution < 1.29 is 9.59 Å². The Bertz CT molecular complexity index is 1650. The molecule has 6 rings (SSSR count). The summed E-state index contributed by atoms with van der Waals surface area (Å²) < 4.78 is 1.89. The van der Waals surface area contributed by atoms with Crippen LogP contribution < -0.4 is 10.6 Å². The summed E-state index contributed by atoms with van der Waals surface area (Å²) in [7, 11) is 5.73. The third kappa shape index (κ3) is 5.05. The fraction of sp³-hybridized carbons (Fsp3) is 0.333. The predicted molar refractivity (Wildman–Crippen MR) is 162 cm³/mol. The van der Waals surface area contributed by atoms with E-state index in [-0.39, 0.29) is 11.8 Å². The molecule has 4 heterocycles. The molecule has 212 valence electrons.